The first-order valence-electron chi connectivity index (χ1n) is 9.35. The van der Waals surface area contributed by atoms with Crippen LogP contribution < -0.4 is 5.73 Å². The van der Waals surface area contributed by atoms with Crippen LogP contribution in [0.1, 0.15) is 32.3 Å². The van der Waals surface area contributed by atoms with Gasteiger partial charge in [0, 0.05) is 39.4 Å². The number of hydrogen-bond acceptors (Lipinski definition) is 4. The van der Waals surface area contributed by atoms with Crippen molar-refractivity contribution in [3.8, 4) is 0 Å². The highest BCUT2D eigenvalue weighted by Crippen LogP contribution is 2.27. The van der Waals surface area contributed by atoms with Crippen LogP contribution >= 0.6 is 12.4 Å². The number of ether oxygens (including phenoxy) is 1. The normalized spacial score (nSPS) is 20.0. The minimum Gasteiger partial charge on any atom is -0.381 e. The van der Waals surface area contributed by atoms with Crippen LogP contribution in [0, 0.1) is 0 Å². The topological polar surface area (TPSA) is 75.9 Å². The summed E-state index contributed by atoms with van der Waals surface area (Å²) in [5.41, 5.74) is 5.94. The first kappa shape index (κ1) is 21.7. The van der Waals surface area contributed by atoms with Gasteiger partial charge in [-0.15, -0.1) is 12.4 Å². The Morgan fingerprint density at radius 1 is 1.00 bits per heavy atom. The molecule has 150 valence electrons. The number of carbonyl (C=O) groups excluding carboxylic acids is 2. The number of carbonyl (C=O) groups is 2. The number of hydrogen-bond donors (Lipinski definition) is 1. The molecule has 0 saturated carbocycles. The van der Waals surface area contributed by atoms with Crippen LogP contribution in [0.5, 0.6) is 0 Å². The van der Waals surface area contributed by atoms with E-state index in [1.165, 1.54) is 0 Å². The number of halogens is 1. The van der Waals surface area contributed by atoms with Gasteiger partial charge in [0.2, 0.25) is 11.8 Å². The molecule has 7 heteroatoms. The highest BCUT2D eigenvalue weighted by Gasteiger charge is 2.41. The number of piperazine rings is 1. The van der Waals surface area contributed by atoms with Crippen LogP contribution in [0.15, 0.2) is 30.3 Å². The Morgan fingerprint density at radius 2 is 1.52 bits per heavy atom. The van der Waals surface area contributed by atoms with Crippen molar-refractivity contribution in [3.63, 3.8) is 0 Å². The quantitative estimate of drug-likeness (QED) is 0.842. The molecule has 0 aliphatic carbocycles. The van der Waals surface area contributed by atoms with Gasteiger partial charge < -0.3 is 20.3 Å². The molecule has 2 saturated heterocycles. The van der Waals surface area contributed by atoms with Crippen LogP contribution in [-0.4, -0.2) is 66.5 Å². The van der Waals surface area contributed by atoms with Gasteiger partial charge in [-0.05, 0) is 32.3 Å². The van der Waals surface area contributed by atoms with Gasteiger partial charge in [-0.25, -0.2) is 0 Å². The van der Waals surface area contributed by atoms with E-state index < -0.39 is 11.0 Å². The van der Waals surface area contributed by atoms with E-state index in [9.17, 15) is 9.59 Å². The summed E-state index contributed by atoms with van der Waals surface area (Å²) in [5, 5.41) is 0. The van der Waals surface area contributed by atoms with Gasteiger partial charge in [0.15, 0.2) is 0 Å². The lowest BCUT2D eigenvalue weighted by Gasteiger charge is -2.42. The molecule has 2 amide bonds. The largest absolute Gasteiger partial charge is 0.381 e. The van der Waals surface area contributed by atoms with E-state index in [0.717, 1.165) is 5.56 Å². The van der Waals surface area contributed by atoms with E-state index in [4.69, 9.17) is 10.5 Å². The monoisotopic (exact) mass is 395 g/mol. The van der Waals surface area contributed by atoms with Gasteiger partial charge in [-0.2, -0.15) is 0 Å². The molecule has 1 aromatic rings. The van der Waals surface area contributed by atoms with Gasteiger partial charge >= 0.3 is 0 Å². The third-order valence-corrected chi connectivity index (χ3v) is 5.70. The van der Waals surface area contributed by atoms with Crippen molar-refractivity contribution in [2.45, 2.75) is 37.6 Å². The molecule has 2 N–H and O–H groups in total. The van der Waals surface area contributed by atoms with Gasteiger partial charge in [0.1, 0.15) is 0 Å². The highest BCUT2D eigenvalue weighted by molar-refractivity contribution is 5.89. The lowest BCUT2D eigenvalue weighted by molar-refractivity contribution is -0.147. The Bertz CT molecular complexity index is 652. The Morgan fingerprint density at radius 3 is 2.07 bits per heavy atom. The molecule has 6 nitrogen and oxygen atoms in total. The Kier molecular flexibility index (Phi) is 6.89. The van der Waals surface area contributed by atoms with E-state index in [1.807, 2.05) is 54.0 Å². The Hall–Kier alpha value is -1.63. The van der Waals surface area contributed by atoms with Crippen molar-refractivity contribution < 1.29 is 14.3 Å². The van der Waals surface area contributed by atoms with Crippen molar-refractivity contribution >= 4 is 24.2 Å². The summed E-state index contributed by atoms with van der Waals surface area (Å²) < 4.78 is 5.33. The van der Waals surface area contributed by atoms with Crippen molar-refractivity contribution in [1.29, 1.82) is 0 Å². The average molecular weight is 396 g/mol. The maximum atomic E-state index is 13.0. The van der Waals surface area contributed by atoms with E-state index >= 15 is 0 Å². The van der Waals surface area contributed by atoms with E-state index in [-0.39, 0.29) is 24.2 Å². The molecule has 2 fully saturated rings. The molecule has 0 atom stereocenters. The second-order valence-corrected chi connectivity index (χ2v) is 7.84. The fourth-order valence-corrected chi connectivity index (χ4v) is 3.75. The summed E-state index contributed by atoms with van der Waals surface area (Å²) in [6.45, 7) is 7.15. The second kappa shape index (κ2) is 8.59. The molecule has 1 aromatic carbocycles. The van der Waals surface area contributed by atoms with E-state index in [0.29, 0.717) is 52.2 Å². The Balaban J connectivity index is 0.00000261. The number of amides is 2. The number of nitrogens with two attached hydrogens (primary N) is 1. The summed E-state index contributed by atoms with van der Waals surface area (Å²) in [7, 11) is 0. The van der Waals surface area contributed by atoms with Crippen LogP contribution in [0.3, 0.4) is 0 Å². The summed E-state index contributed by atoms with van der Waals surface area (Å²) in [6.07, 6.45) is 1.12. The zero-order valence-corrected chi connectivity index (χ0v) is 17.0. The van der Waals surface area contributed by atoms with Crippen molar-refractivity contribution in [3.05, 3.63) is 35.9 Å². The lowest BCUT2D eigenvalue weighted by atomic mass is 9.83. The molecule has 2 aliphatic heterocycles. The first-order valence-corrected chi connectivity index (χ1v) is 9.35. The fourth-order valence-electron chi connectivity index (χ4n) is 3.75. The van der Waals surface area contributed by atoms with Gasteiger partial charge in [0.25, 0.3) is 0 Å². The maximum absolute atomic E-state index is 13.0. The van der Waals surface area contributed by atoms with Crippen LogP contribution in [0.4, 0.5) is 0 Å². The molecule has 0 spiro atoms. The third-order valence-electron chi connectivity index (χ3n) is 5.70. The number of rotatable bonds is 3. The van der Waals surface area contributed by atoms with Crippen molar-refractivity contribution in [2.75, 3.05) is 39.4 Å². The number of nitrogens with zero attached hydrogens (tertiary/aromatic N) is 2. The second-order valence-electron chi connectivity index (χ2n) is 7.84. The molecule has 0 aromatic heterocycles. The van der Waals surface area contributed by atoms with E-state index in [2.05, 4.69) is 0 Å². The van der Waals surface area contributed by atoms with Gasteiger partial charge in [0.05, 0.1) is 11.0 Å². The fraction of sp³-hybridized carbons (Fsp3) is 0.600. The summed E-state index contributed by atoms with van der Waals surface area (Å²) >= 11 is 0. The first-order chi connectivity index (χ1) is 12.3. The summed E-state index contributed by atoms with van der Waals surface area (Å²) in [5.74, 6) is 0.0968. The smallest absolute Gasteiger partial charge is 0.242 e. The third kappa shape index (κ3) is 4.45. The molecule has 0 radical (unpaired) electrons. The zero-order valence-electron chi connectivity index (χ0n) is 16.1. The maximum Gasteiger partial charge on any atom is 0.242 e. The molecule has 3 rings (SSSR count). The molecular weight excluding hydrogens is 366 g/mol. The van der Waals surface area contributed by atoms with Crippen molar-refractivity contribution in [2.24, 2.45) is 5.73 Å². The van der Waals surface area contributed by atoms with Gasteiger partial charge in [-0.3, -0.25) is 9.59 Å². The predicted octanol–water partition coefficient (Wildman–Crippen LogP) is 1.56. The highest BCUT2D eigenvalue weighted by atomic mass is 35.5. The van der Waals surface area contributed by atoms with Crippen LogP contribution in [-0.2, 0) is 19.7 Å². The zero-order chi connectivity index (χ0) is 18.8. The number of benzene rings is 1. The SMILES string of the molecule is CC(C)(C(=O)N1CCN(C(=O)C2(N)CCOCC2)CC1)c1ccccc1.Cl. The Labute approximate surface area is 167 Å². The minimum atomic E-state index is -0.812. The summed E-state index contributed by atoms with van der Waals surface area (Å²) in [4.78, 5) is 29.5. The molecule has 2 heterocycles. The average Bonchev–Trinajstić information content (AvgIpc) is 2.68. The lowest BCUT2D eigenvalue weighted by Crippen LogP contribution is -2.62. The predicted molar refractivity (Wildman–Crippen MR) is 107 cm³/mol. The molecule has 27 heavy (non-hydrogen) atoms. The van der Waals surface area contributed by atoms with Crippen LogP contribution in [0.2, 0.25) is 0 Å². The van der Waals surface area contributed by atoms with Crippen molar-refractivity contribution in [1.82, 2.24) is 9.80 Å². The van der Waals surface area contributed by atoms with E-state index in [1.54, 1.807) is 0 Å². The van der Waals surface area contributed by atoms with Gasteiger partial charge in [-0.1, -0.05) is 30.3 Å². The molecular formula is C20H30ClN3O3. The molecule has 2 aliphatic rings. The minimum absolute atomic E-state index is 0. The molecule has 0 unspecified atom stereocenters. The standard InChI is InChI=1S/C20H29N3O3.ClH/c1-19(2,16-6-4-3-5-7-16)17(24)22-10-12-23(13-11-22)18(25)20(21)8-14-26-15-9-20;/h3-7H,8-15,21H2,1-2H3;1H. The molecule has 0 bridgehead atoms. The summed E-state index contributed by atoms with van der Waals surface area (Å²) in [6, 6.07) is 9.83. The van der Waals surface area contributed by atoms with Crippen LogP contribution in [0.25, 0.3) is 0 Å².